The lowest BCUT2D eigenvalue weighted by molar-refractivity contribution is -0.167. The van der Waals surface area contributed by atoms with Crippen molar-refractivity contribution in [2.24, 2.45) is 11.1 Å². The van der Waals surface area contributed by atoms with Crippen LogP contribution in [0.25, 0.3) is 0 Å². The summed E-state index contributed by atoms with van der Waals surface area (Å²) in [6.07, 6.45) is 11.4. The molecule has 1 unspecified atom stereocenters. The Kier molecular flexibility index (Phi) is 4.21. The van der Waals surface area contributed by atoms with E-state index < -0.39 is 11.0 Å². The van der Waals surface area contributed by atoms with Crippen LogP contribution in [-0.2, 0) is 16.7 Å². The molecule has 32 heavy (non-hydrogen) atoms. The average molecular weight is 439 g/mol. The van der Waals surface area contributed by atoms with Crippen molar-refractivity contribution in [3.8, 4) is 11.5 Å². The predicted octanol–water partition coefficient (Wildman–Crippen LogP) is 3.66. The molecular formula is C26H34N2O4. The minimum absolute atomic E-state index is 0.103. The number of hydrogen-bond acceptors (Lipinski definition) is 6. The van der Waals surface area contributed by atoms with Gasteiger partial charge in [0.2, 0.25) is 0 Å². The van der Waals surface area contributed by atoms with Gasteiger partial charge in [-0.05, 0) is 88.3 Å². The van der Waals surface area contributed by atoms with E-state index in [9.17, 15) is 10.2 Å². The molecule has 0 radical (unpaired) electrons. The molecule has 0 aromatic heterocycles. The first-order valence-corrected chi connectivity index (χ1v) is 12.8. The Morgan fingerprint density at radius 1 is 1.12 bits per heavy atom. The third-order valence-corrected chi connectivity index (χ3v) is 9.45. The van der Waals surface area contributed by atoms with E-state index in [1.54, 1.807) is 6.07 Å². The van der Waals surface area contributed by atoms with Crippen LogP contribution in [0.4, 0.5) is 0 Å². The number of rotatable bonds is 4. The minimum atomic E-state index is -0.860. The van der Waals surface area contributed by atoms with Gasteiger partial charge in [0.1, 0.15) is 6.10 Å². The van der Waals surface area contributed by atoms with E-state index in [0.29, 0.717) is 18.6 Å². The maximum absolute atomic E-state index is 12.4. The Balaban J connectivity index is 1.30. The summed E-state index contributed by atoms with van der Waals surface area (Å²) in [5.74, 6) is 1.55. The number of nitrogens with zero attached hydrogens (tertiary/aromatic N) is 2. The average Bonchev–Trinajstić information content (AvgIpc) is 3.54. The third-order valence-electron chi connectivity index (χ3n) is 9.45. The van der Waals surface area contributed by atoms with Gasteiger partial charge in [0.15, 0.2) is 17.6 Å². The quantitative estimate of drug-likeness (QED) is 0.702. The lowest BCUT2D eigenvalue weighted by atomic mass is 9.49. The van der Waals surface area contributed by atoms with Gasteiger partial charge in [-0.15, -0.1) is 0 Å². The fraction of sp³-hybridized carbons (Fsp3) is 0.731. The van der Waals surface area contributed by atoms with Crippen molar-refractivity contribution in [2.75, 3.05) is 13.1 Å². The van der Waals surface area contributed by atoms with Crippen LogP contribution >= 0.6 is 0 Å². The van der Waals surface area contributed by atoms with Gasteiger partial charge in [0.25, 0.3) is 0 Å². The molecule has 4 fully saturated rings. The van der Waals surface area contributed by atoms with Gasteiger partial charge in [0, 0.05) is 18.2 Å². The summed E-state index contributed by atoms with van der Waals surface area (Å²) < 4.78 is 6.52. The summed E-state index contributed by atoms with van der Waals surface area (Å²) in [6, 6.07) is 3.92. The molecule has 2 heterocycles. The van der Waals surface area contributed by atoms with E-state index in [4.69, 9.17) is 9.57 Å². The molecule has 7 rings (SSSR count). The van der Waals surface area contributed by atoms with E-state index in [0.717, 1.165) is 56.0 Å². The van der Waals surface area contributed by atoms with Crippen molar-refractivity contribution >= 4 is 5.71 Å². The minimum Gasteiger partial charge on any atom is -0.504 e. The van der Waals surface area contributed by atoms with Gasteiger partial charge in [-0.3, -0.25) is 4.90 Å². The van der Waals surface area contributed by atoms with Crippen LogP contribution in [0.2, 0.25) is 0 Å². The Hall–Kier alpha value is -1.79. The second-order valence-electron chi connectivity index (χ2n) is 11.2. The Morgan fingerprint density at radius 3 is 2.78 bits per heavy atom. The smallest absolute Gasteiger partial charge is 0.166 e. The summed E-state index contributed by atoms with van der Waals surface area (Å²) in [4.78, 5) is 8.61. The number of oxime groups is 1. The number of phenolic OH excluding ortho intramolecular Hbond substituents is 1. The number of likely N-dealkylation sites (tertiary alicyclic amines) is 1. The molecule has 2 aliphatic heterocycles. The highest BCUT2D eigenvalue weighted by Crippen LogP contribution is 2.65. The van der Waals surface area contributed by atoms with Crippen molar-refractivity contribution in [2.45, 2.75) is 99.9 Å². The molecule has 6 aliphatic rings. The highest BCUT2D eigenvalue weighted by molar-refractivity contribution is 5.94. The number of piperidine rings is 1. The maximum atomic E-state index is 12.4. The second kappa shape index (κ2) is 6.86. The van der Waals surface area contributed by atoms with E-state index in [2.05, 4.69) is 16.1 Å². The molecule has 2 bridgehead atoms. The van der Waals surface area contributed by atoms with Gasteiger partial charge in [-0.25, -0.2) is 0 Å². The van der Waals surface area contributed by atoms with Gasteiger partial charge in [-0.1, -0.05) is 17.6 Å². The zero-order valence-corrected chi connectivity index (χ0v) is 18.8. The normalized spacial score (nSPS) is 39.6. The van der Waals surface area contributed by atoms with Crippen LogP contribution in [0, 0.1) is 5.92 Å². The Morgan fingerprint density at radius 2 is 1.97 bits per heavy atom. The van der Waals surface area contributed by atoms with Crippen LogP contribution in [0.1, 0.15) is 75.3 Å². The standard InChI is InChI=1S/C26H34N2O4/c29-20-9-8-17-14-21-26(30)11-10-19(27-32-18-4-2-1-3-5-18)24-25(26,22(17)23(20)31-24)12-13-28(21)15-16-6-7-16/h8-9,16,18,21,24,29-30H,1-7,10-15H2/t21-,24+,25+,26?/m1/s1. The largest absolute Gasteiger partial charge is 0.504 e. The monoisotopic (exact) mass is 438 g/mol. The summed E-state index contributed by atoms with van der Waals surface area (Å²) in [5.41, 5.74) is 1.80. The number of benzene rings is 1. The number of hydrogen-bond donors (Lipinski definition) is 2. The highest BCUT2D eigenvalue weighted by atomic mass is 16.6. The first-order valence-electron chi connectivity index (χ1n) is 12.8. The summed E-state index contributed by atoms with van der Waals surface area (Å²) in [6.45, 7) is 2.06. The first-order chi connectivity index (χ1) is 15.6. The van der Waals surface area contributed by atoms with Gasteiger partial charge in [0.05, 0.1) is 16.7 Å². The van der Waals surface area contributed by atoms with E-state index in [-0.39, 0.29) is 24.0 Å². The molecule has 172 valence electrons. The third kappa shape index (κ3) is 2.57. The van der Waals surface area contributed by atoms with Gasteiger partial charge >= 0.3 is 0 Å². The molecule has 2 N–H and O–H groups in total. The summed E-state index contributed by atoms with van der Waals surface area (Å²) in [5, 5.41) is 27.8. The Bertz CT molecular complexity index is 969. The molecule has 6 heteroatoms. The lowest BCUT2D eigenvalue weighted by Crippen LogP contribution is -2.76. The van der Waals surface area contributed by atoms with E-state index in [1.807, 2.05) is 0 Å². The Labute approximate surface area is 189 Å². The van der Waals surface area contributed by atoms with Crippen molar-refractivity contribution in [3.05, 3.63) is 23.3 Å². The zero-order valence-electron chi connectivity index (χ0n) is 18.8. The summed E-state index contributed by atoms with van der Waals surface area (Å²) in [7, 11) is 0. The van der Waals surface area contributed by atoms with E-state index in [1.165, 1.54) is 37.7 Å². The highest BCUT2D eigenvalue weighted by Gasteiger charge is 2.72. The maximum Gasteiger partial charge on any atom is 0.166 e. The fourth-order valence-corrected chi connectivity index (χ4v) is 7.69. The molecule has 3 saturated carbocycles. The van der Waals surface area contributed by atoms with Crippen LogP contribution < -0.4 is 4.74 Å². The van der Waals surface area contributed by atoms with Crippen molar-refractivity contribution in [3.63, 3.8) is 0 Å². The lowest BCUT2D eigenvalue weighted by Gasteiger charge is -2.63. The molecule has 4 atom stereocenters. The predicted molar refractivity (Wildman–Crippen MR) is 120 cm³/mol. The van der Waals surface area contributed by atoms with Crippen LogP contribution in [0.5, 0.6) is 11.5 Å². The SMILES string of the molecule is Oc1ccc2c3c1O[C@H]1C(=NOC4CCCCC4)CCC4(O)[C@@H](C2)N(CC2CC2)CC[C@]314. The zero-order chi connectivity index (χ0) is 21.5. The first kappa shape index (κ1) is 19.7. The molecule has 4 aliphatic carbocycles. The van der Waals surface area contributed by atoms with Crippen LogP contribution in [0.3, 0.4) is 0 Å². The topological polar surface area (TPSA) is 74.5 Å². The molecule has 0 amide bonds. The molecule has 1 aromatic carbocycles. The molecular weight excluding hydrogens is 404 g/mol. The molecule has 1 aromatic rings. The fourth-order valence-electron chi connectivity index (χ4n) is 7.69. The summed E-state index contributed by atoms with van der Waals surface area (Å²) >= 11 is 0. The molecule has 6 nitrogen and oxygen atoms in total. The second-order valence-corrected chi connectivity index (χ2v) is 11.2. The molecule has 1 saturated heterocycles. The van der Waals surface area contributed by atoms with Gasteiger partial charge in [-0.2, -0.15) is 0 Å². The molecule has 1 spiro atoms. The van der Waals surface area contributed by atoms with Crippen molar-refractivity contribution in [1.82, 2.24) is 4.90 Å². The number of aromatic hydroxyl groups is 1. The van der Waals surface area contributed by atoms with Gasteiger partial charge < -0.3 is 19.8 Å². The van der Waals surface area contributed by atoms with Crippen LogP contribution in [-0.4, -0.2) is 57.8 Å². The van der Waals surface area contributed by atoms with Crippen molar-refractivity contribution in [1.29, 1.82) is 0 Å². The number of phenols is 1. The number of aliphatic hydroxyl groups is 1. The number of ether oxygens (including phenoxy) is 1. The van der Waals surface area contributed by atoms with Crippen LogP contribution in [0.15, 0.2) is 17.3 Å². The van der Waals surface area contributed by atoms with Crippen molar-refractivity contribution < 1.29 is 19.8 Å². The van der Waals surface area contributed by atoms with E-state index >= 15 is 0 Å².